The highest BCUT2D eigenvalue weighted by atomic mass is 14.3. The van der Waals surface area contributed by atoms with Crippen molar-refractivity contribution in [2.24, 2.45) is 5.92 Å². The van der Waals surface area contributed by atoms with Gasteiger partial charge in [-0.3, -0.25) is 0 Å². The zero-order valence-corrected chi connectivity index (χ0v) is 5.52. The van der Waals surface area contributed by atoms with E-state index in [1.54, 1.807) is 6.08 Å². The quantitative estimate of drug-likeness (QED) is 0.540. The maximum absolute atomic E-state index is 6.64. The van der Waals surface area contributed by atoms with Gasteiger partial charge in [0.15, 0.2) is 0 Å². The Labute approximate surface area is 50.9 Å². The topological polar surface area (TPSA) is 23.9 Å². The van der Waals surface area contributed by atoms with E-state index in [1.807, 2.05) is 6.08 Å². The zero-order valence-electron chi connectivity index (χ0n) is 5.52. The van der Waals surface area contributed by atoms with E-state index in [4.69, 9.17) is 5.41 Å². The van der Waals surface area contributed by atoms with Crippen LogP contribution < -0.4 is 0 Å². The van der Waals surface area contributed by atoms with Gasteiger partial charge < -0.3 is 5.41 Å². The largest absolute Gasteiger partial charge is 0.309 e. The van der Waals surface area contributed by atoms with Crippen LogP contribution in [0.4, 0.5) is 0 Å². The molecule has 0 fully saturated rings. The van der Waals surface area contributed by atoms with Crippen LogP contribution in [-0.4, -0.2) is 6.21 Å². The minimum atomic E-state index is 0.714. The normalized spacial score (nSPS) is 10.9. The molecule has 0 aliphatic rings. The Morgan fingerprint density at radius 2 is 2.12 bits per heavy atom. The molecule has 0 aromatic rings. The molecule has 0 aromatic heterocycles. The summed E-state index contributed by atoms with van der Waals surface area (Å²) in [6.45, 7) is 4.32. The Hall–Kier alpha value is -0.590. The summed E-state index contributed by atoms with van der Waals surface area (Å²) in [5.74, 6) is 0.714. The van der Waals surface area contributed by atoms with Crippen molar-refractivity contribution < 1.29 is 0 Å². The third-order valence-electron chi connectivity index (χ3n) is 0.840. The average Bonchev–Trinajstić information content (AvgIpc) is 1.66. The highest BCUT2D eigenvalue weighted by Crippen LogP contribution is 1.98. The summed E-state index contributed by atoms with van der Waals surface area (Å²) in [4.78, 5) is 0. The van der Waals surface area contributed by atoms with Crippen LogP contribution in [0, 0.1) is 11.3 Å². The van der Waals surface area contributed by atoms with Gasteiger partial charge in [-0.1, -0.05) is 19.9 Å². The molecule has 0 aliphatic heterocycles. The molecular weight excluding hydrogens is 98.1 g/mol. The van der Waals surface area contributed by atoms with Crippen LogP contribution in [0.15, 0.2) is 12.2 Å². The monoisotopic (exact) mass is 111 g/mol. The standard InChI is InChI=1S/C7H13N/c1-7(2)5-3-4-6-8/h3-4,6-8H,5H2,1-2H3/b4-3-,8-6?. The number of nitrogens with one attached hydrogen (secondary N) is 1. The lowest BCUT2D eigenvalue weighted by molar-refractivity contribution is 0.664. The molecule has 0 rings (SSSR count). The first-order valence-corrected chi connectivity index (χ1v) is 2.93. The van der Waals surface area contributed by atoms with Gasteiger partial charge in [-0.2, -0.15) is 0 Å². The molecule has 0 heterocycles. The minimum absolute atomic E-state index is 0.714. The summed E-state index contributed by atoms with van der Waals surface area (Å²) in [5, 5.41) is 6.64. The predicted octanol–water partition coefficient (Wildman–Crippen LogP) is 2.24. The molecule has 0 atom stereocenters. The van der Waals surface area contributed by atoms with Gasteiger partial charge in [0.1, 0.15) is 0 Å². The smallest absolute Gasteiger partial charge is 0.0174 e. The fraction of sp³-hybridized carbons (Fsp3) is 0.571. The highest BCUT2D eigenvalue weighted by Gasteiger charge is 1.84. The molecule has 0 radical (unpaired) electrons. The Balaban J connectivity index is 3.15. The third-order valence-corrected chi connectivity index (χ3v) is 0.840. The van der Waals surface area contributed by atoms with Gasteiger partial charge in [0.2, 0.25) is 0 Å². The zero-order chi connectivity index (χ0) is 6.41. The molecule has 0 aromatic carbocycles. The number of hydrogen-bond donors (Lipinski definition) is 1. The van der Waals surface area contributed by atoms with Crippen LogP contribution in [0.5, 0.6) is 0 Å². The Morgan fingerprint density at radius 3 is 2.50 bits per heavy atom. The van der Waals surface area contributed by atoms with Crippen LogP contribution >= 0.6 is 0 Å². The predicted molar refractivity (Wildman–Crippen MR) is 37.4 cm³/mol. The molecule has 0 spiro atoms. The van der Waals surface area contributed by atoms with Crippen molar-refractivity contribution in [3.8, 4) is 0 Å². The SMILES string of the molecule is CC(C)C/C=C\C=N. The lowest BCUT2D eigenvalue weighted by Gasteiger charge is -1.93. The van der Waals surface area contributed by atoms with Gasteiger partial charge in [-0.15, -0.1) is 0 Å². The van der Waals surface area contributed by atoms with E-state index in [0.29, 0.717) is 5.92 Å². The third kappa shape index (κ3) is 5.41. The summed E-state index contributed by atoms with van der Waals surface area (Å²) in [7, 11) is 0. The molecule has 0 amide bonds. The molecule has 0 bridgehead atoms. The fourth-order valence-corrected chi connectivity index (χ4v) is 0.419. The van der Waals surface area contributed by atoms with Gasteiger partial charge in [-0.05, 0) is 18.4 Å². The van der Waals surface area contributed by atoms with Crippen molar-refractivity contribution >= 4 is 6.21 Å². The fourth-order valence-electron chi connectivity index (χ4n) is 0.419. The van der Waals surface area contributed by atoms with E-state index >= 15 is 0 Å². The van der Waals surface area contributed by atoms with Crippen LogP contribution in [-0.2, 0) is 0 Å². The number of rotatable bonds is 3. The van der Waals surface area contributed by atoms with Crippen LogP contribution in [0.1, 0.15) is 20.3 Å². The van der Waals surface area contributed by atoms with Gasteiger partial charge in [0.25, 0.3) is 0 Å². The van der Waals surface area contributed by atoms with E-state index in [0.717, 1.165) is 6.42 Å². The van der Waals surface area contributed by atoms with Crippen molar-refractivity contribution in [1.29, 1.82) is 5.41 Å². The molecule has 0 aliphatic carbocycles. The van der Waals surface area contributed by atoms with Crippen molar-refractivity contribution in [3.63, 3.8) is 0 Å². The molecule has 1 heteroatoms. The van der Waals surface area contributed by atoms with Gasteiger partial charge in [0, 0.05) is 6.21 Å². The summed E-state index contributed by atoms with van der Waals surface area (Å²) in [5.41, 5.74) is 0. The first kappa shape index (κ1) is 7.41. The lowest BCUT2D eigenvalue weighted by atomic mass is 10.1. The Bertz CT molecular complexity index is 82.4. The molecule has 0 unspecified atom stereocenters. The molecule has 1 N–H and O–H groups in total. The van der Waals surface area contributed by atoms with Gasteiger partial charge in [0.05, 0.1) is 0 Å². The Kier molecular flexibility index (Phi) is 4.23. The molecule has 46 valence electrons. The van der Waals surface area contributed by atoms with Gasteiger partial charge >= 0.3 is 0 Å². The Morgan fingerprint density at radius 1 is 1.50 bits per heavy atom. The summed E-state index contributed by atoms with van der Waals surface area (Å²) >= 11 is 0. The lowest BCUT2D eigenvalue weighted by Crippen LogP contribution is -1.80. The van der Waals surface area contributed by atoms with Crippen LogP contribution in [0.3, 0.4) is 0 Å². The minimum Gasteiger partial charge on any atom is -0.309 e. The van der Waals surface area contributed by atoms with E-state index in [-0.39, 0.29) is 0 Å². The summed E-state index contributed by atoms with van der Waals surface area (Å²) in [6, 6.07) is 0. The maximum atomic E-state index is 6.64. The van der Waals surface area contributed by atoms with Crippen molar-refractivity contribution in [2.45, 2.75) is 20.3 Å². The van der Waals surface area contributed by atoms with Crippen molar-refractivity contribution in [3.05, 3.63) is 12.2 Å². The second-order valence-electron chi connectivity index (χ2n) is 2.22. The van der Waals surface area contributed by atoms with Gasteiger partial charge in [-0.25, -0.2) is 0 Å². The van der Waals surface area contributed by atoms with Crippen LogP contribution in [0.2, 0.25) is 0 Å². The maximum Gasteiger partial charge on any atom is 0.0174 e. The number of allylic oxidation sites excluding steroid dienone is 2. The molecule has 8 heavy (non-hydrogen) atoms. The molecule has 0 saturated carbocycles. The van der Waals surface area contributed by atoms with Crippen molar-refractivity contribution in [2.75, 3.05) is 0 Å². The molecule has 0 saturated heterocycles. The second kappa shape index (κ2) is 4.57. The van der Waals surface area contributed by atoms with E-state index in [1.165, 1.54) is 6.21 Å². The molecular formula is C7H13N. The first-order valence-electron chi connectivity index (χ1n) is 2.93. The highest BCUT2D eigenvalue weighted by molar-refractivity contribution is 5.67. The van der Waals surface area contributed by atoms with Crippen molar-refractivity contribution in [1.82, 2.24) is 0 Å². The molecule has 1 nitrogen and oxygen atoms in total. The van der Waals surface area contributed by atoms with E-state index < -0.39 is 0 Å². The summed E-state index contributed by atoms with van der Waals surface area (Å²) < 4.78 is 0. The van der Waals surface area contributed by atoms with E-state index in [2.05, 4.69) is 13.8 Å². The second-order valence-corrected chi connectivity index (χ2v) is 2.22. The number of hydrogen-bond acceptors (Lipinski definition) is 1. The first-order chi connectivity index (χ1) is 3.77. The average molecular weight is 111 g/mol. The van der Waals surface area contributed by atoms with Crippen LogP contribution in [0.25, 0.3) is 0 Å². The van der Waals surface area contributed by atoms with E-state index in [9.17, 15) is 0 Å². The summed E-state index contributed by atoms with van der Waals surface area (Å²) in [6.07, 6.45) is 6.16.